The van der Waals surface area contributed by atoms with Crippen molar-refractivity contribution < 1.29 is 4.42 Å². The molecule has 2 rings (SSSR count). The van der Waals surface area contributed by atoms with E-state index in [0.29, 0.717) is 6.04 Å². The third-order valence-corrected chi connectivity index (χ3v) is 3.96. The minimum atomic E-state index is 0.0951. The molecule has 0 bridgehead atoms. The molecule has 1 unspecified atom stereocenters. The Hall–Kier alpha value is -1.28. The fourth-order valence-corrected chi connectivity index (χ4v) is 2.93. The molecule has 2 nitrogen and oxygen atoms in total. The van der Waals surface area contributed by atoms with Crippen molar-refractivity contribution in [3.05, 3.63) is 35.1 Å². The summed E-state index contributed by atoms with van der Waals surface area (Å²) in [4.78, 5) is 0. The van der Waals surface area contributed by atoms with Crippen molar-refractivity contribution in [2.45, 2.75) is 65.8 Å². The van der Waals surface area contributed by atoms with Gasteiger partial charge in [-0.15, -0.1) is 0 Å². The van der Waals surface area contributed by atoms with E-state index in [1.165, 1.54) is 16.5 Å². The SMILES string of the molecule is CCCC(NCC)c1cc2cc(C)cc(C(C)(C)C)c2o1. The van der Waals surface area contributed by atoms with Crippen LogP contribution in [0.3, 0.4) is 0 Å². The van der Waals surface area contributed by atoms with Crippen molar-refractivity contribution in [3.63, 3.8) is 0 Å². The first-order valence-corrected chi connectivity index (χ1v) is 8.14. The van der Waals surface area contributed by atoms with E-state index >= 15 is 0 Å². The van der Waals surface area contributed by atoms with Crippen LogP contribution in [-0.4, -0.2) is 6.54 Å². The maximum absolute atomic E-state index is 6.29. The molecule has 0 aliphatic heterocycles. The third-order valence-electron chi connectivity index (χ3n) is 3.96. The largest absolute Gasteiger partial charge is 0.459 e. The Morgan fingerprint density at radius 3 is 2.43 bits per heavy atom. The fourth-order valence-electron chi connectivity index (χ4n) is 2.93. The molecule has 0 radical (unpaired) electrons. The number of benzene rings is 1. The van der Waals surface area contributed by atoms with Gasteiger partial charge in [0.05, 0.1) is 6.04 Å². The van der Waals surface area contributed by atoms with Gasteiger partial charge in [0.25, 0.3) is 0 Å². The molecule has 0 saturated heterocycles. The average Bonchev–Trinajstić information content (AvgIpc) is 2.79. The molecule has 1 heterocycles. The number of aryl methyl sites for hydroxylation is 1. The quantitative estimate of drug-likeness (QED) is 0.786. The van der Waals surface area contributed by atoms with Gasteiger partial charge in [-0.25, -0.2) is 0 Å². The first-order valence-electron chi connectivity index (χ1n) is 8.14. The first kappa shape index (κ1) is 16.1. The summed E-state index contributed by atoms with van der Waals surface area (Å²) in [5.41, 5.74) is 3.76. The minimum absolute atomic E-state index is 0.0951. The van der Waals surface area contributed by atoms with Crippen LogP contribution in [0.25, 0.3) is 11.0 Å². The number of nitrogens with one attached hydrogen (secondary N) is 1. The van der Waals surface area contributed by atoms with E-state index in [2.05, 4.69) is 65.1 Å². The molecule has 0 aliphatic rings. The maximum Gasteiger partial charge on any atom is 0.138 e. The van der Waals surface area contributed by atoms with Crippen molar-refractivity contribution in [1.82, 2.24) is 5.32 Å². The molecule has 1 aromatic heterocycles. The molecule has 0 amide bonds. The summed E-state index contributed by atoms with van der Waals surface area (Å²) in [6, 6.07) is 7.03. The molecule has 0 aliphatic carbocycles. The Balaban J connectivity index is 2.54. The highest BCUT2D eigenvalue weighted by molar-refractivity contribution is 5.83. The topological polar surface area (TPSA) is 25.2 Å². The van der Waals surface area contributed by atoms with Crippen LogP contribution >= 0.6 is 0 Å². The zero-order valence-corrected chi connectivity index (χ0v) is 14.3. The van der Waals surface area contributed by atoms with Gasteiger partial charge in [-0.3, -0.25) is 0 Å². The summed E-state index contributed by atoms with van der Waals surface area (Å²) in [6.45, 7) is 14.2. The lowest BCUT2D eigenvalue weighted by molar-refractivity contribution is 0.411. The second-order valence-electron chi connectivity index (χ2n) is 7.03. The van der Waals surface area contributed by atoms with Crippen molar-refractivity contribution in [1.29, 1.82) is 0 Å². The Bertz CT molecular complexity index is 598. The Morgan fingerprint density at radius 1 is 1.14 bits per heavy atom. The van der Waals surface area contributed by atoms with E-state index in [1.54, 1.807) is 0 Å². The summed E-state index contributed by atoms with van der Waals surface area (Å²) < 4.78 is 6.29. The summed E-state index contributed by atoms with van der Waals surface area (Å²) in [5, 5.41) is 4.77. The van der Waals surface area contributed by atoms with Crippen LogP contribution in [0.4, 0.5) is 0 Å². The number of hydrogen-bond acceptors (Lipinski definition) is 2. The molecule has 1 atom stereocenters. The molecule has 1 aromatic carbocycles. The number of rotatable bonds is 5. The lowest BCUT2D eigenvalue weighted by atomic mass is 9.85. The molecule has 2 aromatic rings. The van der Waals surface area contributed by atoms with Crippen molar-refractivity contribution in [2.24, 2.45) is 0 Å². The first-order chi connectivity index (χ1) is 9.86. The van der Waals surface area contributed by atoms with E-state index in [0.717, 1.165) is 30.7 Å². The lowest BCUT2D eigenvalue weighted by Gasteiger charge is -2.20. The second kappa shape index (κ2) is 6.23. The summed E-state index contributed by atoms with van der Waals surface area (Å²) in [7, 11) is 0. The van der Waals surface area contributed by atoms with Crippen molar-refractivity contribution in [3.8, 4) is 0 Å². The van der Waals surface area contributed by atoms with Gasteiger partial charge in [0.2, 0.25) is 0 Å². The molecule has 0 saturated carbocycles. The molecule has 21 heavy (non-hydrogen) atoms. The van der Waals surface area contributed by atoms with Gasteiger partial charge in [-0.1, -0.05) is 47.1 Å². The van der Waals surface area contributed by atoms with Gasteiger partial charge in [0.1, 0.15) is 11.3 Å². The highest BCUT2D eigenvalue weighted by Gasteiger charge is 2.22. The van der Waals surface area contributed by atoms with Crippen LogP contribution in [0.2, 0.25) is 0 Å². The predicted molar refractivity (Wildman–Crippen MR) is 91.0 cm³/mol. The summed E-state index contributed by atoms with van der Waals surface area (Å²) >= 11 is 0. The van der Waals surface area contributed by atoms with Crippen LogP contribution in [0.15, 0.2) is 22.6 Å². The van der Waals surface area contributed by atoms with Crippen LogP contribution < -0.4 is 5.32 Å². The van der Waals surface area contributed by atoms with Crippen LogP contribution in [0, 0.1) is 6.92 Å². The van der Waals surface area contributed by atoms with Gasteiger partial charge >= 0.3 is 0 Å². The maximum atomic E-state index is 6.29. The monoisotopic (exact) mass is 287 g/mol. The van der Waals surface area contributed by atoms with Gasteiger partial charge in [-0.2, -0.15) is 0 Å². The summed E-state index contributed by atoms with van der Waals surface area (Å²) in [5.74, 6) is 1.07. The fraction of sp³-hybridized carbons (Fsp3) is 0.579. The molecule has 0 spiro atoms. The molecule has 2 heteroatoms. The molecule has 1 N–H and O–H groups in total. The summed E-state index contributed by atoms with van der Waals surface area (Å²) in [6.07, 6.45) is 2.26. The van der Waals surface area contributed by atoms with E-state index in [4.69, 9.17) is 4.42 Å². The molecular weight excluding hydrogens is 258 g/mol. The van der Waals surface area contributed by atoms with Gasteiger partial charge in [0.15, 0.2) is 0 Å². The zero-order valence-electron chi connectivity index (χ0n) is 14.3. The smallest absolute Gasteiger partial charge is 0.138 e. The van der Waals surface area contributed by atoms with E-state index < -0.39 is 0 Å². The van der Waals surface area contributed by atoms with Crippen molar-refractivity contribution in [2.75, 3.05) is 6.54 Å². The standard InChI is InChI=1S/C19H29NO/c1-7-9-16(20-8-2)17-12-14-10-13(3)11-15(18(14)21-17)19(4,5)6/h10-12,16,20H,7-9H2,1-6H3. The second-order valence-corrected chi connectivity index (χ2v) is 7.03. The van der Waals surface area contributed by atoms with E-state index in [9.17, 15) is 0 Å². The number of fused-ring (bicyclic) bond motifs is 1. The van der Waals surface area contributed by atoms with Crippen molar-refractivity contribution >= 4 is 11.0 Å². The number of hydrogen-bond donors (Lipinski definition) is 1. The van der Waals surface area contributed by atoms with E-state index in [1.807, 2.05) is 0 Å². The van der Waals surface area contributed by atoms with Gasteiger partial charge < -0.3 is 9.73 Å². The zero-order chi connectivity index (χ0) is 15.6. The van der Waals surface area contributed by atoms with Gasteiger partial charge in [0, 0.05) is 10.9 Å². The Morgan fingerprint density at radius 2 is 1.86 bits per heavy atom. The van der Waals surface area contributed by atoms with Gasteiger partial charge in [-0.05, 0) is 43.0 Å². The molecular formula is C19H29NO. The third kappa shape index (κ3) is 3.49. The lowest BCUT2D eigenvalue weighted by Crippen LogP contribution is -2.20. The highest BCUT2D eigenvalue weighted by atomic mass is 16.3. The average molecular weight is 287 g/mol. The minimum Gasteiger partial charge on any atom is -0.459 e. The predicted octanol–water partition coefficient (Wildman–Crippen LogP) is 5.49. The molecule has 0 fully saturated rings. The van der Waals surface area contributed by atoms with Crippen LogP contribution in [-0.2, 0) is 5.41 Å². The normalized spacial score (nSPS) is 13.8. The Kier molecular flexibility index (Phi) is 4.77. The van der Waals surface area contributed by atoms with E-state index in [-0.39, 0.29) is 5.41 Å². The van der Waals surface area contributed by atoms with Crippen LogP contribution in [0.1, 0.15) is 70.4 Å². The highest BCUT2D eigenvalue weighted by Crippen LogP contribution is 2.35. The molecule has 116 valence electrons. The number of furan rings is 1. The Labute approximate surface area is 128 Å². The van der Waals surface area contributed by atoms with Crippen LogP contribution in [0.5, 0.6) is 0 Å².